The van der Waals surface area contributed by atoms with Gasteiger partial charge in [0.2, 0.25) is 0 Å². The number of anilines is 1. The van der Waals surface area contributed by atoms with Crippen molar-refractivity contribution >= 4 is 17.4 Å². The number of halogens is 2. The second-order valence-electron chi connectivity index (χ2n) is 4.69. The van der Waals surface area contributed by atoms with Crippen molar-refractivity contribution in [1.29, 1.82) is 0 Å². The zero-order valence-electron chi connectivity index (χ0n) is 10.7. The van der Waals surface area contributed by atoms with Gasteiger partial charge in [0.25, 0.3) is 5.76 Å². The van der Waals surface area contributed by atoms with Crippen LogP contribution in [0.1, 0.15) is 23.7 Å². The van der Waals surface area contributed by atoms with Gasteiger partial charge in [-0.3, -0.25) is 4.98 Å². The minimum absolute atomic E-state index is 0.208. The average molecular weight is 292 g/mol. The maximum atomic E-state index is 12.3. The first kappa shape index (κ1) is 13.4. The maximum Gasteiger partial charge on any atom is 0.288 e. The second kappa shape index (κ2) is 5.79. The van der Waals surface area contributed by atoms with Crippen LogP contribution >= 0.6 is 11.8 Å². The summed E-state index contributed by atoms with van der Waals surface area (Å²) >= 11 is 0.565. The van der Waals surface area contributed by atoms with Crippen molar-refractivity contribution in [1.82, 2.24) is 4.98 Å². The van der Waals surface area contributed by atoms with E-state index in [1.807, 2.05) is 18.2 Å². The Labute approximate surface area is 120 Å². The molecular formula is C15H14F2N2S. The molecule has 1 aromatic carbocycles. The zero-order chi connectivity index (χ0) is 13.9. The molecule has 5 heteroatoms. The Bertz CT molecular complexity index is 587. The molecule has 0 spiro atoms. The molecule has 2 nitrogen and oxygen atoms in total. The fourth-order valence-corrected chi connectivity index (χ4v) is 2.99. The van der Waals surface area contributed by atoms with Crippen molar-refractivity contribution in [3.63, 3.8) is 0 Å². The fourth-order valence-electron chi connectivity index (χ4n) is 2.49. The topological polar surface area (TPSA) is 24.9 Å². The SMILES string of the molecule is FC(F)Sc1ccc(NC2CCc3cccnc32)cc1. The molecule has 2 aromatic rings. The highest BCUT2D eigenvalue weighted by molar-refractivity contribution is 7.99. The molecule has 104 valence electrons. The maximum absolute atomic E-state index is 12.3. The van der Waals surface area contributed by atoms with E-state index in [-0.39, 0.29) is 6.04 Å². The summed E-state index contributed by atoms with van der Waals surface area (Å²) in [6.07, 6.45) is 3.85. The molecule has 0 saturated carbocycles. The predicted molar refractivity (Wildman–Crippen MR) is 77.2 cm³/mol. The van der Waals surface area contributed by atoms with E-state index in [4.69, 9.17) is 0 Å². The molecule has 0 aliphatic heterocycles. The predicted octanol–water partition coefficient (Wildman–Crippen LogP) is 4.50. The van der Waals surface area contributed by atoms with Gasteiger partial charge in [0, 0.05) is 16.8 Å². The number of nitrogens with zero attached hydrogens (tertiary/aromatic N) is 1. The number of benzene rings is 1. The molecule has 1 aliphatic carbocycles. The van der Waals surface area contributed by atoms with Crippen LogP contribution in [-0.4, -0.2) is 10.7 Å². The first-order valence-electron chi connectivity index (χ1n) is 6.47. The van der Waals surface area contributed by atoms with Crippen molar-refractivity contribution in [2.75, 3.05) is 5.32 Å². The molecule has 0 saturated heterocycles. The second-order valence-corrected chi connectivity index (χ2v) is 5.75. The van der Waals surface area contributed by atoms with E-state index < -0.39 is 5.76 Å². The van der Waals surface area contributed by atoms with Gasteiger partial charge in [0.15, 0.2) is 0 Å². The van der Waals surface area contributed by atoms with Gasteiger partial charge in [-0.2, -0.15) is 8.78 Å². The van der Waals surface area contributed by atoms with Gasteiger partial charge >= 0.3 is 0 Å². The van der Waals surface area contributed by atoms with Crippen LogP contribution in [0.3, 0.4) is 0 Å². The molecule has 1 atom stereocenters. The number of thioether (sulfide) groups is 1. The summed E-state index contributed by atoms with van der Waals surface area (Å²) in [4.78, 5) is 5.01. The molecule has 0 bridgehead atoms. The highest BCUT2D eigenvalue weighted by atomic mass is 32.2. The lowest BCUT2D eigenvalue weighted by atomic mass is 10.2. The average Bonchev–Trinajstić information content (AvgIpc) is 2.84. The lowest BCUT2D eigenvalue weighted by Gasteiger charge is -2.14. The van der Waals surface area contributed by atoms with Crippen molar-refractivity contribution in [3.8, 4) is 0 Å². The molecule has 1 N–H and O–H groups in total. The number of fused-ring (bicyclic) bond motifs is 1. The Hall–Kier alpha value is -1.62. The number of hydrogen-bond donors (Lipinski definition) is 1. The third-order valence-electron chi connectivity index (χ3n) is 3.38. The van der Waals surface area contributed by atoms with Crippen LogP contribution in [0, 0.1) is 0 Å². The van der Waals surface area contributed by atoms with E-state index in [9.17, 15) is 8.78 Å². The standard InChI is InChI=1S/C15H14F2N2S/c16-15(17)20-12-6-4-11(5-7-12)19-13-8-3-10-2-1-9-18-14(10)13/h1-2,4-7,9,13,15,19H,3,8H2. The number of hydrogen-bond acceptors (Lipinski definition) is 3. The van der Waals surface area contributed by atoms with Crippen LogP contribution in [0.5, 0.6) is 0 Å². The Morgan fingerprint density at radius 3 is 2.75 bits per heavy atom. The minimum Gasteiger partial charge on any atom is -0.377 e. The van der Waals surface area contributed by atoms with Crippen LogP contribution in [0.2, 0.25) is 0 Å². The Balaban J connectivity index is 1.70. The molecule has 0 fully saturated rings. The van der Waals surface area contributed by atoms with E-state index >= 15 is 0 Å². The molecule has 1 aromatic heterocycles. The van der Waals surface area contributed by atoms with Gasteiger partial charge in [0.1, 0.15) is 0 Å². The summed E-state index contributed by atoms with van der Waals surface area (Å²) in [5.41, 5.74) is 3.32. The highest BCUT2D eigenvalue weighted by Gasteiger charge is 2.23. The summed E-state index contributed by atoms with van der Waals surface area (Å²) in [7, 11) is 0. The molecule has 3 rings (SSSR count). The Morgan fingerprint density at radius 2 is 2.00 bits per heavy atom. The van der Waals surface area contributed by atoms with Crippen molar-refractivity contribution in [3.05, 3.63) is 53.9 Å². The first-order chi connectivity index (χ1) is 9.72. The molecule has 1 unspecified atom stereocenters. The van der Waals surface area contributed by atoms with E-state index in [0.717, 1.165) is 24.2 Å². The van der Waals surface area contributed by atoms with Gasteiger partial charge in [-0.15, -0.1) is 0 Å². The van der Waals surface area contributed by atoms with E-state index in [0.29, 0.717) is 16.7 Å². The van der Waals surface area contributed by atoms with E-state index in [2.05, 4.69) is 16.4 Å². The molecule has 1 heterocycles. The fraction of sp³-hybridized carbons (Fsp3) is 0.267. The van der Waals surface area contributed by atoms with Crippen molar-refractivity contribution < 1.29 is 8.78 Å². The smallest absolute Gasteiger partial charge is 0.288 e. The highest BCUT2D eigenvalue weighted by Crippen LogP contribution is 2.33. The van der Waals surface area contributed by atoms with Gasteiger partial charge < -0.3 is 5.32 Å². The number of pyridine rings is 1. The molecule has 20 heavy (non-hydrogen) atoms. The lowest BCUT2D eigenvalue weighted by Crippen LogP contribution is -2.08. The molecule has 1 aliphatic rings. The number of alkyl halides is 2. The molecule has 0 amide bonds. The number of aryl methyl sites for hydroxylation is 1. The van der Waals surface area contributed by atoms with Gasteiger partial charge in [-0.05, 0) is 48.7 Å². The Kier molecular flexibility index (Phi) is 3.87. The molecule has 0 radical (unpaired) electrons. The van der Waals surface area contributed by atoms with Gasteiger partial charge in [-0.1, -0.05) is 17.8 Å². The quantitative estimate of drug-likeness (QED) is 0.840. The van der Waals surface area contributed by atoms with E-state index in [1.165, 1.54) is 5.56 Å². The monoisotopic (exact) mass is 292 g/mol. The van der Waals surface area contributed by atoms with Gasteiger partial charge in [-0.25, -0.2) is 0 Å². The van der Waals surface area contributed by atoms with Crippen LogP contribution in [0.4, 0.5) is 14.5 Å². The number of nitrogens with one attached hydrogen (secondary N) is 1. The summed E-state index contributed by atoms with van der Waals surface area (Å²) in [6.45, 7) is 0. The summed E-state index contributed by atoms with van der Waals surface area (Å²) < 4.78 is 24.5. The Morgan fingerprint density at radius 1 is 1.20 bits per heavy atom. The van der Waals surface area contributed by atoms with Crippen LogP contribution in [-0.2, 0) is 6.42 Å². The zero-order valence-corrected chi connectivity index (χ0v) is 11.5. The van der Waals surface area contributed by atoms with Crippen molar-refractivity contribution in [2.24, 2.45) is 0 Å². The largest absolute Gasteiger partial charge is 0.377 e. The summed E-state index contributed by atoms with van der Waals surface area (Å²) in [5, 5.41) is 3.42. The van der Waals surface area contributed by atoms with Gasteiger partial charge in [0.05, 0.1) is 11.7 Å². The van der Waals surface area contributed by atoms with E-state index in [1.54, 1.807) is 18.3 Å². The minimum atomic E-state index is -2.38. The summed E-state index contributed by atoms with van der Waals surface area (Å²) in [5.74, 6) is -2.38. The van der Waals surface area contributed by atoms with Crippen LogP contribution < -0.4 is 5.32 Å². The number of aromatic nitrogens is 1. The molecular weight excluding hydrogens is 278 g/mol. The summed E-state index contributed by atoms with van der Waals surface area (Å²) in [6, 6.07) is 11.4. The third kappa shape index (κ3) is 2.93. The van der Waals surface area contributed by atoms with Crippen LogP contribution in [0.15, 0.2) is 47.5 Å². The number of rotatable bonds is 4. The van der Waals surface area contributed by atoms with Crippen LogP contribution in [0.25, 0.3) is 0 Å². The van der Waals surface area contributed by atoms with Crippen molar-refractivity contribution in [2.45, 2.75) is 29.5 Å². The lowest BCUT2D eigenvalue weighted by molar-refractivity contribution is 0.252. The first-order valence-corrected chi connectivity index (χ1v) is 7.35. The third-order valence-corrected chi connectivity index (χ3v) is 4.10. The normalized spacial score (nSPS) is 17.2.